The maximum Gasteiger partial charge on any atom is 0.165 e. The lowest BCUT2D eigenvalue weighted by Gasteiger charge is -2.23. The molecular formula is C14H13N5S. The van der Waals surface area contributed by atoms with Crippen LogP contribution < -0.4 is 5.73 Å². The molecule has 0 spiro atoms. The van der Waals surface area contributed by atoms with Crippen molar-refractivity contribution in [3.63, 3.8) is 0 Å². The molecule has 1 saturated carbocycles. The fraction of sp³-hybridized carbons (Fsp3) is 0.357. The van der Waals surface area contributed by atoms with Gasteiger partial charge in [0.25, 0.3) is 0 Å². The molecule has 20 heavy (non-hydrogen) atoms. The lowest BCUT2D eigenvalue weighted by atomic mass is 9.91. The van der Waals surface area contributed by atoms with Crippen LogP contribution in [0.4, 0.5) is 5.82 Å². The highest BCUT2D eigenvalue weighted by Crippen LogP contribution is 2.59. The van der Waals surface area contributed by atoms with Gasteiger partial charge in [0, 0.05) is 12.0 Å². The first-order valence-corrected chi connectivity index (χ1v) is 7.76. The Bertz CT molecular complexity index is 820. The molecule has 5 rings (SSSR count). The molecule has 1 fully saturated rings. The van der Waals surface area contributed by atoms with E-state index in [9.17, 15) is 0 Å². The normalized spacial score (nSPS) is 27.3. The van der Waals surface area contributed by atoms with Crippen LogP contribution in [0.5, 0.6) is 0 Å². The molecule has 0 aliphatic heterocycles. The summed E-state index contributed by atoms with van der Waals surface area (Å²) >= 11 is 1.82. The number of imidazole rings is 1. The second kappa shape index (κ2) is 3.58. The number of nitrogens with zero attached hydrogens (tertiary/aromatic N) is 4. The number of fused-ring (bicyclic) bond motifs is 6. The van der Waals surface area contributed by atoms with Gasteiger partial charge in [0.1, 0.15) is 11.8 Å². The first-order valence-electron chi connectivity index (χ1n) is 6.82. The first kappa shape index (κ1) is 10.8. The Hall–Kier alpha value is -1.95. The van der Waals surface area contributed by atoms with Gasteiger partial charge in [0.15, 0.2) is 11.5 Å². The van der Waals surface area contributed by atoms with E-state index in [1.54, 1.807) is 11.1 Å². The van der Waals surface area contributed by atoms with Crippen LogP contribution in [0, 0.1) is 0 Å². The largest absolute Gasteiger partial charge is 0.382 e. The maximum atomic E-state index is 5.88. The molecule has 5 nitrogen and oxygen atoms in total. The number of hydrogen-bond acceptors (Lipinski definition) is 5. The summed E-state index contributed by atoms with van der Waals surface area (Å²) in [6.45, 7) is 0. The third-order valence-corrected chi connectivity index (χ3v) is 5.62. The van der Waals surface area contributed by atoms with Crippen molar-refractivity contribution < 1.29 is 0 Å². The summed E-state index contributed by atoms with van der Waals surface area (Å²) in [5, 5.41) is 4.64. The number of nitrogens with two attached hydrogens (primary N) is 1. The van der Waals surface area contributed by atoms with Crippen molar-refractivity contribution in [1.29, 1.82) is 0 Å². The Kier molecular flexibility index (Phi) is 1.93. The van der Waals surface area contributed by atoms with Crippen molar-refractivity contribution in [2.24, 2.45) is 0 Å². The summed E-state index contributed by atoms with van der Waals surface area (Å²) in [6, 6.07) is 0.460. The minimum Gasteiger partial charge on any atom is -0.382 e. The molecule has 2 bridgehead atoms. The molecule has 6 heteroatoms. The van der Waals surface area contributed by atoms with E-state index in [4.69, 9.17) is 5.73 Å². The topological polar surface area (TPSA) is 69.6 Å². The van der Waals surface area contributed by atoms with Crippen LogP contribution in [0.25, 0.3) is 11.2 Å². The molecule has 0 unspecified atom stereocenters. The van der Waals surface area contributed by atoms with Crippen molar-refractivity contribution in [2.45, 2.75) is 30.7 Å². The van der Waals surface area contributed by atoms with E-state index in [0.29, 0.717) is 23.7 Å². The van der Waals surface area contributed by atoms with Crippen molar-refractivity contribution in [3.8, 4) is 0 Å². The number of aromatic nitrogens is 4. The van der Waals surface area contributed by atoms with E-state index in [1.807, 2.05) is 17.7 Å². The standard InChI is InChI=1S/C14H13N5S/c15-13-12-14(17-5-16-13)19(6-18-12)11-2-7-1-8(11)10-4-20-3-9(7)10/h3-8,11H,1-2H2,(H2,15,16,17)/t7-,8-,11+/m0/s1. The van der Waals surface area contributed by atoms with E-state index in [0.717, 1.165) is 11.2 Å². The number of rotatable bonds is 1. The maximum absolute atomic E-state index is 5.88. The quantitative estimate of drug-likeness (QED) is 0.745. The minimum atomic E-state index is 0.460. The molecule has 0 amide bonds. The molecule has 0 aromatic carbocycles. The summed E-state index contributed by atoms with van der Waals surface area (Å²) < 4.78 is 2.21. The van der Waals surface area contributed by atoms with Gasteiger partial charge >= 0.3 is 0 Å². The molecule has 0 saturated heterocycles. The molecule has 2 N–H and O–H groups in total. The van der Waals surface area contributed by atoms with Crippen LogP contribution in [-0.2, 0) is 0 Å². The van der Waals surface area contributed by atoms with Crippen LogP contribution in [0.15, 0.2) is 23.4 Å². The lowest BCUT2D eigenvalue weighted by Crippen LogP contribution is -2.14. The highest BCUT2D eigenvalue weighted by Gasteiger charge is 2.45. The molecule has 100 valence electrons. The SMILES string of the molecule is Nc1ncnc2c1ncn2[C@@H]1C[C@@H]2C[C@H]1c1cscc12. The smallest absolute Gasteiger partial charge is 0.165 e. The minimum absolute atomic E-state index is 0.460. The van der Waals surface area contributed by atoms with E-state index in [-0.39, 0.29) is 0 Å². The average Bonchev–Trinajstić information content (AvgIpc) is 3.19. The summed E-state index contributed by atoms with van der Waals surface area (Å²) in [4.78, 5) is 12.8. The van der Waals surface area contributed by atoms with Gasteiger partial charge < -0.3 is 10.3 Å². The fourth-order valence-corrected chi connectivity index (χ4v) is 4.97. The third-order valence-electron chi connectivity index (χ3n) is 4.84. The number of hydrogen-bond donors (Lipinski definition) is 1. The molecule has 3 aromatic heterocycles. The van der Waals surface area contributed by atoms with Crippen molar-refractivity contribution >= 4 is 28.3 Å². The zero-order valence-electron chi connectivity index (χ0n) is 10.7. The van der Waals surface area contributed by atoms with Gasteiger partial charge in [-0.05, 0) is 40.6 Å². The number of anilines is 1. The predicted molar refractivity (Wildman–Crippen MR) is 77.8 cm³/mol. The molecular weight excluding hydrogens is 270 g/mol. The summed E-state index contributed by atoms with van der Waals surface area (Å²) in [5.74, 6) is 1.78. The Balaban J connectivity index is 1.66. The van der Waals surface area contributed by atoms with E-state index in [1.165, 1.54) is 19.2 Å². The highest BCUT2D eigenvalue weighted by atomic mass is 32.1. The molecule has 3 heterocycles. The van der Waals surface area contributed by atoms with E-state index in [2.05, 4.69) is 30.3 Å². The third kappa shape index (κ3) is 1.20. The zero-order chi connectivity index (χ0) is 13.3. The van der Waals surface area contributed by atoms with E-state index < -0.39 is 0 Å². The van der Waals surface area contributed by atoms with Gasteiger partial charge in [0.2, 0.25) is 0 Å². The Morgan fingerprint density at radius 2 is 2.05 bits per heavy atom. The van der Waals surface area contributed by atoms with Crippen LogP contribution >= 0.6 is 11.3 Å². The highest BCUT2D eigenvalue weighted by molar-refractivity contribution is 7.08. The predicted octanol–water partition coefficient (Wildman–Crippen LogP) is 2.69. The second-order valence-corrected chi connectivity index (χ2v) is 6.45. The van der Waals surface area contributed by atoms with Gasteiger partial charge in [-0.3, -0.25) is 0 Å². The Morgan fingerprint density at radius 3 is 3.00 bits per heavy atom. The van der Waals surface area contributed by atoms with Crippen molar-refractivity contribution in [1.82, 2.24) is 19.5 Å². The van der Waals surface area contributed by atoms with Gasteiger partial charge in [-0.1, -0.05) is 0 Å². The van der Waals surface area contributed by atoms with Gasteiger partial charge in [-0.2, -0.15) is 11.3 Å². The lowest BCUT2D eigenvalue weighted by molar-refractivity contribution is 0.459. The Morgan fingerprint density at radius 1 is 1.15 bits per heavy atom. The molecule has 0 radical (unpaired) electrons. The fourth-order valence-electron chi connectivity index (χ4n) is 3.97. The van der Waals surface area contributed by atoms with Gasteiger partial charge in [-0.15, -0.1) is 0 Å². The number of thiophene rings is 1. The first-order chi connectivity index (χ1) is 9.83. The molecule has 2 aliphatic rings. The van der Waals surface area contributed by atoms with Crippen molar-refractivity contribution in [2.75, 3.05) is 5.73 Å². The van der Waals surface area contributed by atoms with Crippen LogP contribution in [0.2, 0.25) is 0 Å². The van der Waals surface area contributed by atoms with Crippen LogP contribution in [0.3, 0.4) is 0 Å². The van der Waals surface area contributed by atoms with E-state index >= 15 is 0 Å². The van der Waals surface area contributed by atoms with Gasteiger partial charge in [-0.25, -0.2) is 15.0 Å². The number of nitrogen functional groups attached to an aromatic ring is 1. The van der Waals surface area contributed by atoms with Crippen LogP contribution in [-0.4, -0.2) is 19.5 Å². The zero-order valence-corrected chi connectivity index (χ0v) is 11.5. The molecule has 3 aromatic rings. The van der Waals surface area contributed by atoms with Crippen molar-refractivity contribution in [3.05, 3.63) is 34.5 Å². The Labute approximate surface area is 119 Å². The summed E-state index contributed by atoms with van der Waals surface area (Å²) in [5.41, 5.74) is 10.6. The van der Waals surface area contributed by atoms with Gasteiger partial charge in [0.05, 0.1) is 6.33 Å². The second-order valence-electron chi connectivity index (χ2n) is 5.71. The average molecular weight is 283 g/mol. The molecule has 2 aliphatic carbocycles. The van der Waals surface area contributed by atoms with Crippen LogP contribution in [0.1, 0.15) is 41.8 Å². The summed E-state index contributed by atoms with van der Waals surface area (Å²) in [6.07, 6.45) is 5.86. The molecule has 3 atom stereocenters. The monoisotopic (exact) mass is 283 g/mol. The summed E-state index contributed by atoms with van der Waals surface area (Å²) in [7, 11) is 0.